The number of hydrogen-bond donors (Lipinski definition) is 2. The summed E-state index contributed by atoms with van der Waals surface area (Å²) in [6, 6.07) is 13.0. The highest BCUT2D eigenvalue weighted by Crippen LogP contribution is 2.22. The van der Waals surface area contributed by atoms with Gasteiger partial charge in [-0.2, -0.15) is 0 Å². The summed E-state index contributed by atoms with van der Waals surface area (Å²) in [7, 11) is 3.34. The molecular weight excluding hydrogens is 334 g/mol. The van der Waals surface area contributed by atoms with Crippen LogP contribution in [0.2, 0.25) is 0 Å². The summed E-state index contributed by atoms with van der Waals surface area (Å²) in [5, 5.41) is 2.70. The summed E-state index contributed by atoms with van der Waals surface area (Å²) < 4.78 is 5.65. The third-order valence-electron chi connectivity index (χ3n) is 3.61. The Hall–Kier alpha value is -3.35. The van der Waals surface area contributed by atoms with E-state index in [-0.39, 0.29) is 24.8 Å². The Bertz CT molecular complexity index is 783. The van der Waals surface area contributed by atoms with Gasteiger partial charge in [-0.15, -0.1) is 0 Å². The number of benzene rings is 2. The van der Waals surface area contributed by atoms with Gasteiger partial charge < -0.3 is 20.7 Å². The average molecular weight is 355 g/mol. The third kappa shape index (κ3) is 5.34. The highest BCUT2D eigenvalue weighted by Gasteiger charge is 2.08. The molecule has 0 saturated carbocycles. The van der Waals surface area contributed by atoms with Crippen molar-refractivity contribution in [2.24, 2.45) is 5.73 Å². The lowest BCUT2D eigenvalue weighted by Gasteiger charge is -2.11. The first kappa shape index (κ1) is 19.0. The van der Waals surface area contributed by atoms with Crippen molar-refractivity contribution in [2.45, 2.75) is 6.42 Å². The van der Waals surface area contributed by atoms with Crippen LogP contribution < -0.4 is 15.8 Å². The van der Waals surface area contributed by atoms with Gasteiger partial charge >= 0.3 is 0 Å². The van der Waals surface area contributed by atoms with Gasteiger partial charge in [-0.25, -0.2) is 0 Å². The maximum absolute atomic E-state index is 12.0. The minimum absolute atomic E-state index is 0.0450. The number of nitrogens with zero attached hydrogens (tertiary/aromatic N) is 1. The number of nitrogens with two attached hydrogens (primary N) is 1. The molecule has 0 unspecified atom stereocenters. The summed E-state index contributed by atoms with van der Waals surface area (Å²) in [6.45, 7) is 0.278. The van der Waals surface area contributed by atoms with E-state index >= 15 is 0 Å². The van der Waals surface area contributed by atoms with E-state index in [1.807, 2.05) is 0 Å². The zero-order valence-corrected chi connectivity index (χ0v) is 14.7. The molecule has 26 heavy (non-hydrogen) atoms. The monoisotopic (exact) mass is 355 g/mol. The van der Waals surface area contributed by atoms with E-state index in [4.69, 9.17) is 10.5 Å². The van der Waals surface area contributed by atoms with Crippen LogP contribution >= 0.6 is 0 Å². The van der Waals surface area contributed by atoms with Crippen molar-refractivity contribution in [3.63, 3.8) is 0 Å². The lowest BCUT2D eigenvalue weighted by atomic mass is 10.2. The molecule has 0 aliphatic heterocycles. The number of rotatable bonds is 7. The summed E-state index contributed by atoms with van der Waals surface area (Å²) in [5.41, 5.74) is 6.06. The molecule has 0 aliphatic carbocycles. The molecule has 2 aromatic rings. The first-order valence-electron chi connectivity index (χ1n) is 8.03. The summed E-state index contributed by atoms with van der Waals surface area (Å²) in [5.74, 6) is 0.301. The zero-order chi connectivity index (χ0) is 19.1. The third-order valence-corrected chi connectivity index (χ3v) is 3.61. The molecule has 0 atom stereocenters. The minimum atomic E-state index is -0.501. The van der Waals surface area contributed by atoms with Crippen LogP contribution in [-0.2, 0) is 4.79 Å². The predicted molar refractivity (Wildman–Crippen MR) is 97.1 cm³/mol. The highest BCUT2D eigenvalue weighted by molar-refractivity contribution is 5.94. The number of carbonyl (C=O) groups excluding carboxylic acids is 3. The predicted octanol–water partition coefficient (Wildman–Crippen LogP) is 1.79. The molecule has 0 fully saturated rings. The van der Waals surface area contributed by atoms with E-state index in [1.54, 1.807) is 62.6 Å². The van der Waals surface area contributed by atoms with Crippen molar-refractivity contribution < 1.29 is 19.1 Å². The molecule has 0 saturated heterocycles. The van der Waals surface area contributed by atoms with E-state index in [0.717, 1.165) is 0 Å². The summed E-state index contributed by atoms with van der Waals surface area (Å²) >= 11 is 0. The normalized spacial score (nSPS) is 10.1. The average Bonchev–Trinajstić information content (AvgIpc) is 2.62. The van der Waals surface area contributed by atoms with E-state index < -0.39 is 5.91 Å². The molecule has 2 aromatic carbocycles. The maximum atomic E-state index is 12.0. The Labute approximate surface area is 151 Å². The highest BCUT2D eigenvalue weighted by atomic mass is 16.5. The van der Waals surface area contributed by atoms with Gasteiger partial charge in [0.15, 0.2) is 0 Å². The van der Waals surface area contributed by atoms with Crippen molar-refractivity contribution >= 4 is 17.7 Å². The maximum Gasteiger partial charge on any atom is 0.251 e. The Morgan fingerprint density at radius 1 is 0.923 bits per heavy atom. The minimum Gasteiger partial charge on any atom is -0.457 e. The van der Waals surface area contributed by atoms with Crippen molar-refractivity contribution in [3.8, 4) is 11.5 Å². The van der Waals surface area contributed by atoms with Gasteiger partial charge in [0.05, 0.1) is 0 Å². The SMILES string of the molecule is CN(C)C(=O)CCNC(=O)c1ccc(Oc2ccc(C(N)=O)cc2)cc1. The van der Waals surface area contributed by atoms with Crippen LogP contribution in [0.25, 0.3) is 0 Å². The van der Waals surface area contributed by atoms with Crippen LogP contribution in [0, 0.1) is 0 Å². The number of carbonyl (C=O) groups is 3. The number of ether oxygens (including phenoxy) is 1. The van der Waals surface area contributed by atoms with Crippen molar-refractivity contribution in [1.82, 2.24) is 10.2 Å². The van der Waals surface area contributed by atoms with Gasteiger partial charge in [0.2, 0.25) is 11.8 Å². The van der Waals surface area contributed by atoms with Crippen molar-refractivity contribution in [1.29, 1.82) is 0 Å². The van der Waals surface area contributed by atoms with E-state index in [0.29, 0.717) is 22.6 Å². The first-order valence-corrected chi connectivity index (χ1v) is 8.03. The van der Waals surface area contributed by atoms with E-state index in [2.05, 4.69) is 5.32 Å². The molecule has 2 rings (SSSR count). The number of nitrogens with one attached hydrogen (secondary N) is 1. The van der Waals surface area contributed by atoms with Gasteiger partial charge in [-0.1, -0.05) is 0 Å². The van der Waals surface area contributed by atoms with E-state index in [9.17, 15) is 14.4 Å². The Morgan fingerprint density at radius 2 is 1.42 bits per heavy atom. The van der Waals surface area contributed by atoms with Crippen LogP contribution in [0.5, 0.6) is 11.5 Å². The quantitative estimate of drug-likeness (QED) is 0.790. The van der Waals surface area contributed by atoms with E-state index in [1.165, 1.54) is 4.90 Å². The van der Waals surface area contributed by atoms with Gasteiger partial charge in [0, 0.05) is 38.2 Å². The molecular formula is C19H21N3O4. The fourth-order valence-electron chi connectivity index (χ4n) is 2.11. The zero-order valence-electron chi connectivity index (χ0n) is 14.7. The van der Waals surface area contributed by atoms with Gasteiger partial charge in [-0.3, -0.25) is 14.4 Å². The fraction of sp³-hybridized carbons (Fsp3) is 0.211. The molecule has 3 amide bonds. The lowest BCUT2D eigenvalue weighted by molar-refractivity contribution is -0.128. The second-order valence-electron chi connectivity index (χ2n) is 5.81. The van der Waals surface area contributed by atoms with Gasteiger partial charge in [0.25, 0.3) is 5.91 Å². The Kier molecular flexibility index (Phi) is 6.32. The number of amides is 3. The standard InChI is InChI=1S/C19H21N3O4/c1-22(2)17(23)11-12-21-19(25)14-5-9-16(10-6-14)26-15-7-3-13(4-8-15)18(20)24/h3-10H,11-12H2,1-2H3,(H2,20,24)(H,21,25). The topological polar surface area (TPSA) is 102 Å². The van der Waals surface area contributed by atoms with Gasteiger partial charge in [-0.05, 0) is 48.5 Å². The number of hydrogen-bond acceptors (Lipinski definition) is 4. The molecule has 0 radical (unpaired) electrons. The van der Waals surface area contributed by atoms with Crippen LogP contribution in [0.4, 0.5) is 0 Å². The molecule has 136 valence electrons. The van der Waals surface area contributed by atoms with Crippen LogP contribution in [0.15, 0.2) is 48.5 Å². The summed E-state index contributed by atoms with van der Waals surface area (Å²) in [6.07, 6.45) is 0.251. The van der Waals surface area contributed by atoms with Crippen molar-refractivity contribution in [3.05, 3.63) is 59.7 Å². The molecule has 0 aromatic heterocycles. The molecule has 0 aliphatic rings. The molecule has 0 heterocycles. The first-order chi connectivity index (χ1) is 12.4. The van der Waals surface area contributed by atoms with Crippen LogP contribution in [-0.4, -0.2) is 43.3 Å². The van der Waals surface area contributed by atoms with Crippen LogP contribution in [0.1, 0.15) is 27.1 Å². The second-order valence-corrected chi connectivity index (χ2v) is 5.81. The largest absolute Gasteiger partial charge is 0.457 e. The molecule has 7 nitrogen and oxygen atoms in total. The lowest BCUT2D eigenvalue weighted by Crippen LogP contribution is -2.30. The second kappa shape index (κ2) is 8.66. The smallest absolute Gasteiger partial charge is 0.251 e. The summed E-state index contributed by atoms with van der Waals surface area (Å²) in [4.78, 5) is 36.0. The Balaban J connectivity index is 1.90. The fourth-order valence-corrected chi connectivity index (χ4v) is 2.11. The van der Waals surface area contributed by atoms with Crippen LogP contribution in [0.3, 0.4) is 0 Å². The van der Waals surface area contributed by atoms with Gasteiger partial charge in [0.1, 0.15) is 11.5 Å². The molecule has 0 spiro atoms. The molecule has 0 bridgehead atoms. The number of primary amides is 1. The molecule has 3 N–H and O–H groups in total. The van der Waals surface area contributed by atoms with Crippen molar-refractivity contribution in [2.75, 3.05) is 20.6 Å². The molecule has 7 heteroatoms. The Morgan fingerprint density at radius 3 is 1.88 bits per heavy atom.